The third kappa shape index (κ3) is 4.08. The van der Waals surface area contributed by atoms with E-state index in [0.29, 0.717) is 0 Å². The van der Waals surface area contributed by atoms with Gasteiger partial charge in [-0.1, -0.05) is 30.3 Å². The van der Waals surface area contributed by atoms with Crippen molar-refractivity contribution in [2.45, 2.75) is 45.3 Å². The number of nitrogens with one attached hydrogen (secondary N) is 1. The summed E-state index contributed by atoms with van der Waals surface area (Å²) in [7, 11) is 0. The first-order valence-electron chi connectivity index (χ1n) is 6.95. The highest BCUT2D eigenvalue weighted by molar-refractivity contribution is 5.91. The van der Waals surface area contributed by atoms with Gasteiger partial charge in [-0.15, -0.1) is 0 Å². The zero-order valence-corrected chi connectivity index (χ0v) is 12.2. The Morgan fingerprint density at radius 3 is 2.30 bits per heavy atom. The van der Waals surface area contributed by atoms with E-state index in [4.69, 9.17) is 4.74 Å². The van der Waals surface area contributed by atoms with Crippen LogP contribution in [-0.4, -0.2) is 17.5 Å². The fraction of sp³-hybridized carbons (Fsp3) is 0.500. The molecule has 0 heterocycles. The maximum atomic E-state index is 12.3. The summed E-state index contributed by atoms with van der Waals surface area (Å²) in [6, 6.07) is 8.69. The summed E-state index contributed by atoms with van der Waals surface area (Å²) in [5.41, 5.74) is 0.226. The monoisotopic (exact) mass is 275 g/mol. The summed E-state index contributed by atoms with van der Waals surface area (Å²) in [6.45, 7) is 5.40. The number of ether oxygens (including phenoxy) is 1. The molecular weight excluding hydrogens is 254 g/mol. The van der Waals surface area contributed by atoms with Gasteiger partial charge in [-0.3, -0.25) is 4.79 Å². The summed E-state index contributed by atoms with van der Waals surface area (Å²) in [5.74, 6) is 0.150. The highest BCUT2D eigenvalue weighted by atomic mass is 16.6. The van der Waals surface area contributed by atoms with Crippen molar-refractivity contribution in [3.8, 4) is 0 Å². The van der Waals surface area contributed by atoms with Crippen LogP contribution in [0.2, 0.25) is 0 Å². The van der Waals surface area contributed by atoms with Gasteiger partial charge < -0.3 is 10.1 Å². The molecule has 1 fully saturated rings. The number of alkyl carbamates (subject to hydrolysis) is 1. The summed E-state index contributed by atoms with van der Waals surface area (Å²) < 4.78 is 5.24. The Bertz CT molecular complexity index is 486. The number of hydrogen-bond acceptors (Lipinski definition) is 3. The Morgan fingerprint density at radius 1 is 1.20 bits per heavy atom. The van der Waals surface area contributed by atoms with Gasteiger partial charge in [-0.05, 0) is 39.2 Å². The van der Waals surface area contributed by atoms with Crippen LogP contribution in [0.15, 0.2) is 30.3 Å². The molecule has 0 aliphatic heterocycles. The first-order chi connectivity index (χ1) is 9.37. The molecule has 0 radical (unpaired) electrons. The summed E-state index contributed by atoms with van der Waals surface area (Å²) in [5, 5.41) is 2.70. The molecule has 4 nitrogen and oxygen atoms in total. The van der Waals surface area contributed by atoms with Crippen LogP contribution in [0.3, 0.4) is 0 Å². The molecule has 0 bridgehead atoms. The quantitative estimate of drug-likeness (QED) is 0.917. The molecule has 1 aromatic rings. The second kappa shape index (κ2) is 5.65. The normalized spacial score (nSPS) is 16.4. The summed E-state index contributed by atoms with van der Waals surface area (Å²) in [4.78, 5) is 24.2. The standard InChI is InChI=1S/C16H21NO3/c1-16(2,3)20-15(19)17-13(14(18)12-9-10-12)11-7-5-4-6-8-11/h4-8,12-13H,9-10H2,1-3H3,(H,17,19)/t13-/m1/s1. The third-order valence-electron chi connectivity index (χ3n) is 3.06. The Hall–Kier alpha value is -1.84. The Kier molecular flexibility index (Phi) is 4.12. The summed E-state index contributed by atoms with van der Waals surface area (Å²) in [6.07, 6.45) is 1.27. The number of rotatable bonds is 4. The van der Waals surface area contributed by atoms with Crippen LogP contribution in [-0.2, 0) is 9.53 Å². The fourth-order valence-electron chi connectivity index (χ4n) is 1.99. The number of carbonyl (C=O) groups excluding carboxylic acids is 2. The van der Waals surface area contributed by atoms with Gasteiger partial charge in [0.05, 0.1) is 0 Å². The molecular formula is C16H21NO3. The van der Waals surface area contributed by atoms with Crippen molar-refractivity contribution in [1.29, 1.82) is 0 Å². The fourth-order valence-corrected chi connectivity index (χ4v) is 1.99. The zero-order valence-electron chi connectivity index (χ0n) is 12.2. The van der Waals surface area contributed by atoms with Crippen molar-refractivity contribution in [2.75, 3.05) is 0 Å². The lowest BCUT2D eigenvalue weighted by Crippen LogP contribution is -2.38. The number of ketones is 1. The Morgan fingerprint density at radius 2 is 1.80 bits per heavy atom. The summed E-state index contributed by atoms with van der Waals surface area (Å²) >= 11 is 0. The van der Waals surface area contributed by atoms with Gasteiger partial charge in [-0.2, -0.15) is 0 Å². The van der Waals surface area contributed by atoms with E-state index >= 15 is 0 Å². The number of carbonyl (C=O) groups is 2. The largest absolute Gasteiger partial charge is 0.444 e. The van der Waals surface area contributed by atoms with Crippen LogP contribution >= 0.6 is 0 Å². The molecule has 1 atom stereocenters. The zero-order chi connectivity index (χ0) is 14.8. The number of benzene rings is 1. The van der Waals surface area contributed by atoms with Crippen LogP contribution in [0.1, 0.15) is 45.2 Å². The SMILES string of the molecule is CC(C)(C)OC(=O)N[C@@H](C(=O)C1CC1)c1ccccc1. The second-order valence-electron chi connectivity index (χ2n) is 6.17. The lowest BCUT2D eigenvalue weighted by Gasteiger charge is -2.23. The Balaban J connectivity index is 2.11. The molecule has 4 heteroatoms. The van der Waals surface area contributed by atoms with Crippen molar-refractivity contribution in [2.24, 2.45) is 5.92 Å². The van der Waals surface area contributed by atoms with Gasteiger partial charge in [0.2, 0.25) is 0 Å². The second-order valence-corrected chi connectivity index (χ2v) is 6.17. The van der Waals surface area contributed by atoms with E-state index in [-0.39, 0.29) is 11.7 Å². The van der Waals surface area contributed by atoms with Gasteiger partial charge in [0.25, 0.3) is 0 Å². The molecule has 1 N–H and O–H groups in total. The van der Waals surface area contributed by atoms with E-state index in [2.05, 4.69) is 5.32 Å². The van der Waals surface area contributed by atoms with Crippen LogP contribution in [0.5, 0.6) is 0 Å². The van der Waals surface area contributed by atoms with E-state index in [1.54, 1.807) is 20.8 Å². The molecule has 0 unspecified atom stereocenters. The number of amides is 1. The lowest BCUT2D eigenvalue weighted by atomic mass is 10.00. The van der Waals surface area contributed by atoms with Crippen molar-refractivity contribution in [3.05, 3.63) is 35.9 Å². The first-order valence-corrected chi connectivity index (χ1v) is 6.95. The molecule has 0 saturated heterocycles. The van der Waals surface area contributed by atoms with E-state index in [1.807, 2.05) is 30.3 Å². The molecule has 1 aromatic carbocycles. The highest BCUT2D eigenvalue weighted by Crippen LogP contribution is 2.34. The van der Waals surface area contributed by atoms with Crippen molar-refractivity contribution >= 4 is 11.9 Å². The average molecular weight is 275 g/mol. The lowest BCUT2D eigenvalue weighted by molar-refractivity contribution is -0.122. The predicted molar refractivity (Wildman–Crippen MR) is 76.3 cm³/mol. The van der Waals surface area contributed by atoms with Crippen LogP contribution in [0.4, 0.5) is 4.79 Å². The van der Waals surface area contributed by atoms with Gasteiger partial charge in [0.1, 0.15) is 11.6 Å². The molecule has 1 aliphatic rings. The minimum absolute atomic E-state index is 0.0714. The van der Waals surface area contributed by atoms with Crippen molar-refractivity contribution < 1.29 is 14.3 Å². The predicted octanol–water partition coefficient (Wildman–Crippen LogP) is 3.23. The van der Waals surface area contributed by atoms with Gasteiger partial charge in [0.15, 0.2) is 5.78 Å². The van der Waals surface area contributed by atoms with E-state index < -0.39 is 17.7 Å². The minimum atomic E-state index is -0.612. The number of hydrogen-bond donors (Lipinski definition) is 1. The minimum Gasteiger partial charge on any atom is -0.444 e. The van der Waals surface area contributed by atoms with Gasteiger partial charge >= 0.3 is 6.09 Å². The van der Waals surface area contributed by atoms with E-state index in [1.165, 1.54) is 0 Å². The first kappa shape index (κ1) is 14.6. The third-order valence-corrected chi connectivity index (χ3v) is 3.06. The number of Topliss-reactive ketones (excluding diaryl/α,β-unsaturated/α-hetero) is 1. The smallest absolute Gasteiger partial charge is 0.408 e. The maximum absolute atomic E-state index is 12.3. The highest BCUT2D eigenvalue weighted by Gasteiger charge is 2.36. The average Bonchev–Trinajstić information content (AvgIpc) is 3.18. The van der Waals surface area contributed by atoms with Crippen molar-refractivity contribution in [3.63, 3.8) is 0 Å². The van der Waals surface area contributed by atoms with Gasteiger partial charge in [-0.25, -0.2) is 4.79 Å². The van der Waals surface area contributed by atoms with Gasteiger partial charge in [0, 0.05) is 5.92 Å². The molecule has 1 amide bonds. The molecule has 108 valence electrons. The molecule has 1 saturated carbocycles. The maximum Gasteiger partial charge on any atom is 0.408 e. The Labute approximate surface area is 119 Å². The molecule has 2 rings (SSSR count). The van der Waals surface area contributed by atoms with Crippen LogP contribution in [0, 0.1) is 5.92 Å². The molecule has 0 spiro atoms. The van der Waals surface area contributed by atoms with Crippen molar-refractivity contribution in [1.82, 2.24) is 5.32 Å². The van der Waals surface area contributed by atoms with E-state index in [0.717, 1.165) is 18.4 Å². The van der Waals surface area contributed by atoms with E-state index in [9.17, 15) is 9.59 Å². The molecule has 20 heavy (non-hydrogen) atoms. The molecule has 0 aromatic heterocycles. The topological polar surface area (TPSA) is 55.4 Å². The molecule has 1 aliphatic carbocycles. The van der Waals surface area contributed by atoms with Crippen LogP contribution < -0.4 is 5.32 Å². The van der Waals surface area contributed by atoms with Crippen LogP contribution in [0.25, 0.3) is 0 Å².